The summed E-state index contributed by atoms with van der Waals surface area (Å²) in [5.41, 5.74) is 3.93. The number of hydrazine groups is 1. The lowest BCUT2D eigenvalue weighted by molar-refractivity contribution is -0.192. The molecule has 2 aromatic rings. The summed E-state index contributed by atoms with van der Waals surface area (Å²) >= 11 is 0. The molecule has 5 bridgehead atoms. The van der Waals surface area contributed by atoms with Crippen LogP contribution in [-0.4, -0.2) is 78.4 Å². The molecule has 3 N–H and O–H groups in total. The fraction of sp³-hybridized carbons (Fsp3) is 0.531. The van der Waals surface area contributed by atoms with Gasteiger partial charge in [-0.15, -0.1) is 0 Å². The van der Waals surface area contributed by atoms with Gasteiger partial charge in [-0.2, -0.15) is 0 Å². The van der Waals surface area contributed by atoms with Gasteiger partial charge >= 0.3 is 5.97 Å². The van der Waals surface area contributed by atoms with Crippen molar-refractivity contribution in [1.82, 2.24) is 26.1 Å². The van der Waals surface area contributed by atoms with Crippen molar-refractivity contribution in [3.05, 3.63) is 47.7 Å². The third-order valence-electron chi connectivity index (χ3n) is 8.58. The lowest BCUT2D eigenvalue weighted by Gasteiger charge is -2.36. The topological polar surface area (TPSA) is 148 Å². The number of hydrogen-bond donors (Lipinski definition) is 3. The molecule has 2 saturated heterocycles. The summed E-state index contributed by atoms with van der Waals surface area (Å²) in [6.45, 7) is 7.59. The first-order valence-electron chi connectivity index (χ1n) is 15.2. The number of esters is 1. The van der Waals surface area contributed by atoms with Crippen LogP contribution in [-0.2, 0) is 33.4 Å². The summed E-state index contributed by atoms with van der Waals surface area (Å²) in [5.74, 6) is -2.21. The molecule has 1 aromatic heterocycles. The maximum Gasteiger partial charge on any atom is 0.321 e. The molecule has 1 spiro atoms. The monoisotopic (exact) mass is 607 g/mol. The van der Waals surface area contributed by atoms with Crippen LogP contribution in [0.2, 0.25) is 0 Å². The number of carbonyl (C=O) groups is 4. The minimum absolute atomic E-state index is 0.0149. The smallest absolute Gasteiger partial charge is 0.321 e. The van der Waals surface area contributed by atoms with Gasteiger partial charge in [-0.3, -0.25) is 29.2 Å². The molecular formula is C32H41N5O7. The van der Waals surface area contributed by atoms with Gasteiger partial charge in [-0.1, -0.05) is 44.2 Å². The number of ether oxygens (including phenoxy) is 3. The summed E-state index contributed by atoms with van der Waals surface area (Å²) in [6, 6.07) is 7.62. The van der Waals surface area contributed by atoms with Crippen molar-refractivity contribution in [3.8, 4) is 0 Å². The van der Waals surface area contributed by atoms with Gasteiger partial charge in [-0.05, 0) is 50.8 Å². The van der Waals surface area contributed by atoms with Gasteiger partial charge in [-0.25, -0.2) is 5.43 Å². The third kappa shape index (κ3) is 6.77. The normalized spacial score (nSPS) is 27.5. The van der Waals surface area contributed by atoms with Gasteiger partial charge in [0.05, 0.1) is 30.5 Å². The number of nitrogens with zero attached hydrogens (tertiary/aromatic N) is 2. The number of rotatable bonds is 2. The average Bonchev–Trinajstić information content (AvgIpc) is 3.04. The number of hydrogen-bond acceptors (Lipinski definition) is 9. The molecule has 2 fully saturated rings. The number of benzene rings is 1. The predicted octanol–water partition coefficient (Wildman–Crippen LogP) is 2.39. The van der Waals surface area contributed by atoms with Gasteiger partial charge in [0.15, 0.2) is 6.10 Å². The zero-order valence-electron chi connectivity index (χ0n) is 25.6. The molecule has 44 heavy (non-hydrogen) atoms. The van der Waals surface area contributed by atoms with Crippen LogP contribution in [0.25, 0.3) is 17.0 Å². The van der Waals surface area contributed by atoms with Crippen molar-refractivity contribution in [1.29, 1.82) is 0 Å². The SMILES string of the molecule is CC[C@H](C)[C@@H]1OC(=O)C2(C=Cc3ccc4ccc(nc4c3)[C@@H](C)NC(=O)[C@@H]3CCCN(N3)C(=O)[C@H](C)NC1=O)COCOC2. The lowest BCUT2D eigenvalue weighted by atomic mass is 9.88. The Balaban J connectivity index is 1.53. The third-order valence-corrected chi connectivity index (χ3v) is 8.58. The summed E-state index contributed by atoms with van der Waals surface area (Å²) in [4.78, 5) is 58.7. The number of cyclic esters (lactones) is 1. The van der Waals surface area contributed by atoms with Crippen molar-refractivity contribution >= 4 is 40.7 Å². The second-order valence-corrected chi connectivity index (χ2v) is 12.0. The van der Waals surface area contributed by atoms with Crippen molar-refractivity contribution in [2.24, 2.45) is 11.3 Å². The summed E-state index contributed by atoms with van der Waals surface area (Å²) in [6.07, 6.45) is 4.04. The molecule has 0 saturated carbocycles. The Bertz CT molecular complexity index is 1440. The maximum absolute atomic E-state index is 13.8. The molecule has 3 aliphatic rings. The van der Waals surface area contributed by atoms with Crippen LogP contribution in [0.1, 0.15) is 64.3 Å². The first kappa shape index (κ1) is 31.6. The van der Waals surface area contributed by atoms with Gasteiger partial charge in [0.1, 0.15) is 24.3 Å². The standard InChI is InChI=1S/C32H41N5O7/c1-5-19(2)27-29(39)34-21(4)30(40)37-14-6-7-25(36-37)28(38)33-20(3)24-11-10-23-9-8-22(15-26(23)35-24)12-13-32(31(41)44-27)16-42-18-43-17-32/h8-13,15,19-21,25,27,36H,5-7,14,16-18H2,1-4H3,(H,33,38)(H,34,39)/t19-,20+,21-,25-,27-/m0/s1. The number of carbonyl (C=O) groups excluding carboxylic acids is 4. The quantitative estimate of drug-likeness (QED) is 0.438. The van der Waals surface area contributed by atoms with E-state index in [1.165, 1.54) is 5.01 Å². The molecule has 0 radical (unpaired) electrons. The number of fused-ring (bicyclic) bond motifs is 4. The van der Waals surface area contributed by atoms with E-state index in [0.29, 0.717) is 31.5 Å². The molecule has 0 aliphatic carbocycles. The second-order valence-electron chi connectivity index (χ2n) is 12.0. The molecule has 12 heteroatoms. The molecule has 1 aromatic carbocycles. The van der Waals surface area contributed by atoms with E-state index >= 15 is 0 Å². The van der Waals surface area contributed by atoms with E-state index in [0.717, 1.165) is 16.5 Å². The summed E-state index contributed by atoms with van der Waals surface area (Å²) in [7, 11) is 0. The van der Waals surface area contributed by atoms with E-state index in [-0.39, 0.29) is 31.8 Å². The van der Waals surface area contributed by atoms with Gasteiger partial charge in [0.2, 0.25) is 5.91 Å². The Morgan fingerprint density at radius 3 is 2.50 bits per heavy atom. The average molecular weight is 608 g/mol. The Morgan fingerprint density at radius 2 is 1.75 bits per heavy atom. The van der Waals surface area contributed by atoms with E-state index in [9.17, 15) is 19.2 Å². The molecule has 4 heterocycles. The van der Waals surface area contributed by atoms with Crippen molar-refractivity contribution in [2.45, 2.75) is 71.2 Å². The highest BCUT2D eigenvalue weighted by Crippen LogP contribution is 2.30. The minimum atomic E-state index is -1.29. The zero-order valence-corrected chi connectivity index (χ0v) is 25.6. The Morgan fingerprint density at radius 1 is 1.02 bits per heavy atom. The molecule has 3 amide bonds. The van der Waals surface area contributed by atoms with Crippen LogP contribution in [0.4, 0.5) is 0 Å². The first-order chi connectivity index (χ1) is 21.1. The van der Waals surface area contributed by atoms with Gasteiger partial charge < -0.3 is 24.8 Å². The highest BCUT2D eigenvalue weighted by atomic mass is 16.7. The van der Waals surface area contributed by atoms with Crippen molar-refractivity contribution < 1.29 is 33.4 Å². The van der Waals surface area contributed by atoms with E-state index in [4.69, 9.17) is 19.2 Å². The zero-order chi connectivity index (χ0) is 31.4. The Kier molecular flexibility index (Phi) is 9.62. The first-order valence-corrected chi connectivity index (χ1v) is 15.2. The van der Waals surface area contributed by atoms with Crippen LogP contribution >= 0.6 is 0 Å². The number of pyridine rings is 1. The molecule has 12 nitrogen and oxygen atoms in total. The fourth-order valence-electron chi connectivity index (χ4n) is 5.57. The molecule has 236 valence electrons. The number of nitrogens with one attached hydrogen (secondary N) is 3. The highest BCUT2D eigenvalue weighted by molar-refractivity contribution is 5.92. The predicted molar refractivity (Wildman–Crippen MR) is 161 cm³/mol. The second kappa shape index (κ2) is 13.4. The molecule has 3 aliphatic heterocycles. The van der Waals surface area contributed by atoms with Crippen molar-refractivity contribution in [2.75, 3.05) is 26.6 Å². The van der Waals surface area contributed by atoms with Crippen LogP contribution < -0.4 is 16.1 Å². The summed E-state index contributed by atoms with van der Waals surface area (Å²) < 4.78 is 17.0. The number of amides is 3. The number of aromatic nitrogens is 1. The van der Waals surface area contributed by atoms with Gasteiger partial charge in [0.25, 0.3) is 11.8 Å². The van der Waals surface area contributed by atoms with Gasteiger partial charge in [0, 0.05) is 17.8 Å². The Labute approximate surface area is 256 Å². The van der Waals surface area contributed by atoms with E-state index in [2.05, 4.69) is 16.1 Å². The molecule has 5 atom stereocenters. The Hall–Kier alpha value is -3.87. The van der Waals surface area contributed by atoms with Crippen LogP contribution in [0, 0.1) is 11.3 Å². The molecular weight excluding hydrogens is 566 g/mol. The van der Waals surface area contributed by atoms with Crippen LogP contribution in [0.5, 0.6) is 0 Å². The molecule has 0 unspecified atom stereocenters. The van der Waals surface area contributed by atoms with Crippen LogP contribution in [0.15, 0.2) is 36.4 Å². The fourth-order valence-corrected chi connectivity index (χ4v) is 5.57. The van der Waals surface area contributed by atoms with E-state index < -0.39 is 47.4 Å². The highest BCUT2D eigenvalue weighted by Gasteiger charge is 2.44. The van der Waals surface area contributed by atoms with E-state index in [1.807, 2.05) is 51.1 Å². The lowest BCUT2D eigenvalue weighted by Crippen LogP contribution is -2.61. The maximum atomic E-state index is 13.8. The minimum Gasteiger partial charge on any atom is -0.451 e. The van der Waals surface area contributed by atoms with E-state index in [1.54, 1.807) is 19.1 Å². The largest absolute Gasteiger partial charge is 0.451 e. The van der Waals surface area contributed by atoms with Crippen molar-refractivity contribution in [3.63, 3.8) is 0 Å². The molecule has 5 rings (SSSR count). The summed E-state index contributed by atoms with van der Waals surface area (Å²) in [5, 5.41) is 8.04. The van der Waals surface area contributed by atoms with Crippen LogP contribution in [0.3, 0.4) is 0 Å².